The van der Waals surface area contributed by atoms with Crippen LogP contribution in [-0.4, -0.2) is 59.0 Å². The van der Waals surface area contributed by atoms with E-state index in [9.17, 15) is 10.2 Å². The molecule has 3 aliphatic carbocycles. The van der Waals surface area contributed by atoms with Gasteiger partial charge >= 0.3 is 0 Å². The summed E-state index contributed by atoms with van der Waals surface area (Å²) in [5.41, 5.74) is 1.25. The minimum Gasteiger partial charge on any atom is -0.504 e. The van der Waals surface area contributed by atoms with E-state index < -0.39 is 5.60 Å². The number of phenols is 1. The van der Waals surface area contributed by atoms with Crippen LogP contribution in [0.4, 0.5) is 0 Å². The van der Waals surface area contributed by atoms with Gasteiger partial charge in [-0.2, -0.15) is 0 Å². The Labute approximate surface area is 154 Å². The molecule has 0 aromatic heterocycles. The number of aromatic hydroxyl groups is 1. The topological polar surface area (TPSA) is 65.0 Å². The van der Waals surface area contributed by atoms with Crippen molar-refractivity contribution in [2.75, 3.05) is 20.1 Å². The molecule has 1 aromatic rings. The van der Waals surface area contributed by atoms with Crippen molar-refractivity contribution in [1.29, 1.82) is 0 Å². The highest BCUT2D eigenvalue weighted by Gasteiger charge is 2.72. The Balaban J connectivity index is 1.55. The van der Waals surface area contributed by atoms with E-state index in [4.69, 9.17) is 4.74 Å². The van der Waals surface area contributed by atoms with Crippen molar-refractivity contribution in [2.45, 2.75) is 67.7 Å². The van der Waals surface area contributed by atoms with Crippen molar-refractivity contribution in [2.24, 2.45) is 5.92 Å². The van der Waals surface area contributed by atoms with Gasteiger partial charge in [-0.25, -0.2) is 0 Å². The first-order chi connectivity index (χ1) is 12.6. The standard InChI is InChI=1S/C21H28N2O3/c1-22-14-6-7-21(25)16-10-13-4-5-15(24)18-17(13)20(21,19(14)26-18)8-9-23(16)11-12-2-3-12/h4-5,12,14,16,19,22,24-25H,2-3,6-11H2,1H3/t14-,16+,19-,20-,21+/m0/s1. The highest BCUT2D eigenvalue weighted by Crippen LogP contribution is 2.65. The zero-order valence-electron chi connectivity index (χ0n) is 15.4. The Kier molecular flexibility index (Phi) is 2.99. The van der Waals surface area contributed by atoms with Gasteiger partial charge in [0.05, 0.1) is 11.0 Å². The third kappa shape index (κ3) is 1.68. The van der Waals surface area contributed by atoms with Crippen LogP contribution in [0.5, 0.6) is 11.5 Å². The summed E-state index contributed by atoms with van der Waals surface area (Å²) in [6, 6.07) is 4.23. The minimum absolute atomic E-state index is 0.0980. The van der Waals surface area contributed by atoms with Gasteiger partial charge in [0.2, 0.25) is 0 Å². The molecule has 5 atom stereocenters. The SMILES string of the molecule is CN[C@H]1CC[C@@]2(O)[C@H]3Cc4ccc(O)c5c4[C@@]2(CCN3CC2CC2)[C@H]1O5. The Morgan fingerprint density at radius 1 is 1.27 bits per heavy atom. The summed E-state index contributed by atoms with van der Waals surface area (Å²) in [5.74, 6) is 1.69. The number of rotatable bonds is 3. The van der Waals surface area contributed by atoms with Crippen LogP contribution in [0.1, 0.15) is 43.2 Å². The molecule has 0 unspecified atom stereocenters. The number of likely N-dealkylation sites (N-methyl/N-ethyl adjacent to an activating group) is 1. The zero-order chi connectivity index (χ0) is 17.7. The Morgan fingerprint density at radius 3 is 2.88 bits per heavy atom. The maximum absolute atomic E-state index is 12.2. The molecule has 1 saturated heterocycles. The number of nitrogens with zero attached hydrogens (tertiary/aromatic N) is 1. The van der Waals surface area contributed by atoms with Gasteiger partial charge < -0.3 is 20.3 Å². The lowest BCUT2D eigenvalue weighted by Crippen LogP contribution is -2.78. The Morgan fingerprint density at radius 2 is 2.12 bits per heavy atom. The molecule has 2 bridgehead atoms. The van der Waals surface area contributed by atoms with Crippen LogP contribution in [0.3, 0.4) is 0 Å². The van der Waals surface area contributed by atoms with Crippen molar-refractivity contribution < 1.29 is 14.9 Å². The fourth-order valence-electron chi connectivity index (χ4n) is 6.78. The highest BCUT2D eigenvalue weighted by atomic mass is 16.5. The summed E-state index contributed by atoms with van der Waals surface area (Å²) >= 11 is 0. The number of piperidine rings is 1. The highest BCUT2D eigenvalue weighted by molar-refractivity contribution is 5.62. The molecular formula is C21H28N2O3. The molecule has 3 fully saturated rings. The van der Waals surface area contributed by atoms with Gasteiger partial charge in [-0.05, 0) is 69.7 Å². The zero-order valence-corrected chi connectivity index (χ0v) is 15.4. The van der Waals surface area contributed by atoms with Crippen molar-refractivity contribution >= 4 is 0 Å². The van der Waals surface area contributed by atoms with Crippen LogP contribution < -0.4 is 10.1 Å². The van der Waals surface area contributed by atoms with Crippen LogP contribution in [0.2, 0.25) is 0 Å². The first kappa shape index (κ1) is 15.7. The van der Waals surface area contributed by atoms with Crippen molar-refractivity contribution in [1.82, 2.24) is 10.2 Å². The van der Waals surface area contributed by atoms with E-state index in [-0.39, 0.29) is 29.4 Å². The number of likely N-dealkylation sites (tertiary alicyclic amines) is 1. The normalized spacial score (nSPS) is 43.1. The summed E-state index contributed by atoms with van der Waals surface area (Å²) in [4.78, 5) is 2.58. The van der Waals surface area contributed by atoms with Gasteiger partial charge in [0.1, 0.15) is 6.10 Å². The summed E-state index contributed by atoms with van der Waals surface area (Å²) in [6.45, 7) is 2.15. The largest absolute Gasteiger partial charge is 0.504 e. The monoisotopic (exact) mass is 356 g/mol. The minimum atomic E-state index is -0.760. The van der Waals surface area contributed by atoms with Gasteiger partial charge in [-0.1, -0.05) is 6.07 Å². The first-order valence-electron chi connectivity index (χ1n) is 10.2. The van der Waals surface area contributed by atoms with Gasteiger partial charge in [0.15, 0.2) is 11.5 Å². The molecule has 5 heteroatoms. The maximum atomic E-state index is 12.2. The summed E-state index contributed by atoms with van der Waals surface area (Å²) in [7, 11) is 1.99. The number of ether oxygens (including phenoxy) is 1. The Bertz CT molecular complexity index is 779. The number of nitrogens with one attached hydrogen (secondary N) is 1. The van der Waals surface area contributed by atoms with Crippen LogP contribution in [0, 0.1) is 5.92 Å². The van der Waals surface area contributed by atoms with Crippen LogP contribution in [0.15, 0.2) is 12.1 Å². The van der Waals surface area contributed by atoms with E-state index in [1.165, 1.54) is 18.4 Å². The Hall–Kier alpha value is -1.30. The molecule has 6 rings (SSSR count). The molecule has 140 valence electrons. The second kappa shape index (κ2) is 4.94. The van der Waals surface area contributed by atoms with Gasteiger partial charge in [0.25, 0.3) is 0 Å². The summed E-state index contributed by atoms with van der Waals surface area (Å²) < 4.78 is 6.42. The van der Waals surface area contributed by atoms with Gasteiger partial charge in [-0.3, -0.25) is 4.90 Å². The molecule has 0 amide bonds. The second-order valence-electron chi connectivity index (χ2n) is 9.22. The second-order valence-corrected chi connectivity index (χ2v) is 9.22. The fraction of sp³-hybridized carbons (Fsp3) is 0.714. The molecule has 3 N–H and O–H groups in total. The number of phenolic OH excluding ortho intramolecular Hbond substituents is 1. The van der Waals surface area contributed by atoms with Crippen LogP contribution >= 0.6 is 0 Å². The molecule has 5 aliphatic rings. The number of hydrogen-bond acceptors (Lipinski definition) is 5. The predicted octanol–water partition coefficient (Wildman–Crippen LogP) is 1.54. The van der Waals surface area contributed by atoms with Crippen LogP contribution in [0.25, 0.3) is 0 Å². The van der Waals surface area contributed by atoms with E-state index in [0.717, 1.165) is 50.3 Å². The molecular weight excluding hydrogens is 328 g/mol. The molecule has 2 aliphatic heterocycles. The molecule has 0 radical (unpaired) electrons. The number of hydrogen-bond donors (Lipinski definition) is 3. The lowest BCUT2D eigenvalue weighted by Gasteiger charge is -2.64. The lowest BCUT2D eigenvalue weighted by atomic mass is 9.48. The van der Waals surface area contributed by atoms with Crippen LogP contribution in [-0.2, 0) is 11.8 Å². The molecule has 5 nitrogen and oxygen atoms in total. The van der Waals surface area contributed by atoms with E-state index in [1.807, 2.05) is 7.05 Å². The van der Waals surface area contributed by atoms with Gasteiger partial charge in [0, 0.05) is 24.2 Å². The first-order valence-corrected chi connectivity index (χ1v) is 10.2. The molecule has 2 saturated carbocycles. The van der Waals surface area contributed by atoms with E-state index in [0.29, 0.717) is 5.75 Å². The number of benzene rings is 1. The quantitative estimate of drug-likeness (QED) is 0.767. The van der Waals surface area contributed by atoms with E-state index in [1.54, 1.807) is 6.07 Å². The molecule has 1 aromatic carbocycles. The van der Waals surface area contributed by atoms with Gasteiger partial charge in [-0.15, -0.1) is 0 Å². The maximum Gasteiger partial charge on any atom is 0.165 e. The van der Waals surface area contributed by atoms with E-state index >= 15 is 0 Å². The number of aliphatic hydroxyl groups is 1. The fourth-order valence-corrected chi connectivity index (χ4v) is 6.78. The average molecular weight is 356 g/mol. The third-order valence-electron chi connectivity index (χ3n) is 8.13. The third-order valence-corrected chi connectivity index (χ3v) is 8.13. The lowest BCUT2D eigenvalue weighted by molar-refractivity contribution is -0.191. The summed E-state index contributed by atoms with van der Waals surface area (Å²) in [6.07, 6.45) is 6.09. The van der Waals surface area contributed by atoms with Crippen molar-refractivity contribution in [3.63, 3.8) is 0 Å². The molecule has 2 heterocycles. The molecule has 26 heavy (non-hydrogen) atoms. The smallest absolute Gasteiger partial charge is 0.165 e. The van der Waals surface area contributed by atoms with Crippen molar-refractivity contribution in [3.8, 4) is 11.5 Å². The molecule has 1 spiro atoms. The van der Waals surface area contributed by atoms with Crippen molar-refractivity contribution in [3.05, 3.63) is 23.3 Å². The summed E-state index contributed by atoms with van der Waals surface area (Å²) in [5, 5.41) is 26.1. The van der Waals surface area contributed by atoms with E-state index in [2.05, 4.69) is 16.3 Å². The average Bonchev–Trinajstić information content (AvgIpc) is 3.37. The predicted molar refractivity (Wildman–Crippen MR) is 97.6 cm³/mol.